The average Bonchev–Trinajstić information content (AvgIpc) is 2.51. The van der Waals surface area contributed by atoms with Crippen LogP contribution in [0.1, 0.15) is 44.0 Å². The van der Waals surface area contributed by atoms with Crippen molar-refractivity contribution in [2.75, 3.05) is 6.26 Å². The van der Waals surface area contributed by atoms with Crippen LogP contribution in [0.2, 0.25) is 0 Å². The molecule has 0 saturated heterocycles. The summed E-state index contributed by atoms with van der Waals surface area (Å²) < 4.78 is 5.65. The van der Waals surface area contributed by atoms with E-state index in [4.69, 9.17) is 4.74 Å². The van der Waals surface area contributed by atoms with Gasteiger partial charge >= 0.3 is 0 Å². The van der Waals surface area contributed by atoms with Crippen LogP contribution in [0.5, 0.6) is 5.75 Å². The fraction of sp³-hybridized carbons (Fsp3) is 0.444. The zero-order valence-electron chi connectivity index (χ0n) is 14.2. The summed E-state index contributed by atoms with van der Waals surface area (Å²) in [6, 6.07) is 7.92. The molecule has 124 valence electrons. The molecule has 1 aromatic heterocycles. The number of thioether (sulfide) groups is 1. The Labute approximate surface area is 141 Å². The number of aromatic amines is 1. The molecule has 0 atom stereocenters. The molecule has 0 spiro atoms. The molecule has 5 heteroatoms. The highest BCUT2D eigenvalue weighted by molar-refractivity contribution is 7.98. The van der Waals surface area contributed by atoms with E-state index >= 15 is 0 Å². The number of hydrogen-bond acceptors (Lipinski definition) is 4. The smallest absolute Gasteiger partial charge is 0.255 e. The van der Waals surface area contributed by atoms with Gasteiger partial charge in [0.2, 0.25) is 0 Å². The third-order valence-electron chi connectivity index (χ3n) is 3.44. The monoisotopic (exact) mass is 332 g/mol. The van der Waals surface area contributed by atoms with Gasteiger partial charge in [-0.25, -0.2) is 4.98 Å². The molecule has 0 aliphatic rings. The van der Waals surface area contributed by atoms with Crippen LogP contribution in [-0.4, -0.2) is 22.3 Å². The molecular weight excluding hydrogens is 308 g/mol. The van der Waals surface area contributed by atoms with E-state index in [0.29, 0.717) is 11.6 Å². The molecule has 0 bridgehead atoms. The van der Waals surface area contributed by atoms with Crippen molar-refractivity contribution >= 4 is 11.8 Å². The second kappa shape index (κ2) is 8.20. The van der Waals surface area contributed by atoms with Crippen molar-refractivity contribution < 1.29 is 4.74 Å². The van der Waals surface area contributed by atoms with Crippen LogP contribution >= 0.6 is 11.8 Å². The maximum Gasteiger partial charge on any atom is 0.255 e. The fourth-order valence-electron chi connectivity index (χ4n) is 2.41. The van der Waals surface area contributed by atoms with Gasteiger partial charge in [-0.1, -0.05) is 37.2 Å². The van der Waals surface area contributed by atoms with Crippen LogP contribution in [0, 0.1) is 0 Å². The molecule has 0 aliphatic heterocycles. The highest BCUT2D eigenvalue weighted by Crippen LogP contribution is 2.18. The molecule has 0 aliphatic carbocycles. The van der Waals surface area contributed by atoms with Crippen LogP contribution in [0.25, 0.3) is 0 Å². The second-order valence-electron chi connectivity index (χ2n) is 5.74. The van der Waals surface area contributed by atoms with Crippen LogP contribution < -0.4 is 10.3 Å². The molecule has 0 fully saturated rings. The normalized spacial score (nSPS) is 11.0. The van der Waals surface area contributed by atoms with E-state index in [1.165, 1.54) is 11.8 Å². The Hall–Kier alpha value is -1.75. The number of benzene rings is 1. The molecule has 0 unspecified atom stereocenters. The first kappa shape index (κ1) is 17.6. The summed E-state index contributed by atoms with van der Waals surface area (Å²) in [4.78, 5) is 19.8. The van der Waals surface area contributed by atoms with Gasteiger partial charge in [0.05, 0.1) is 11.8 Å². The van der Waals surface area contributed by atoms with Gasteiger partial charge in [-0.15, -0.1) is 0 Å². The molecule has 4 nitrogen and oxygen atoms in total. The van der Waals surface area contributed by atoms with Crippen molar-refractivity contribution in [3.05, 3.63) is 51.4 Å². The molecule has 1 aromatic carbocycles. The zero-order valence-corrected chi connectivity index (χ0v) is 15.0. The largest absolute Gasteiger partial charge is 0.491 e. The van der Waals surface area contributed by atoms with Crippen LogP contribution in [0.4, 0.5) is 0 Å². The topological polar surface area (TPSA) is 55.0 Å². The lowest BCUT2D eigenvalue weighted by molar-refractivity contribution is 0.242. The van der Waals surface area contributed by atoms with Gasteiger partial charge in [0, 0.05) is 12.0 Å². The number of aryl methyl sites for hydroxylation is 1. The summed E-state index contributed by atoms with van der Waals surface area (Å²) in [6.45, 7) is 6.11. The van der Waals surface area contributed by atoms with E-state index in [2.05, 4.69) is 16.9 Å². The third-order valence-corrected chi connectivity index (χ3v) is 4.02. The van der Waals surface area contributed by atoms with Crippen LogP contribution in [-0.2, 0) is 12.8 Å². The lowest BCUT2D eigenvalue weighted by atomic mass is 10.0. The highest BCUT2D eigenvalue weighted by Gasteiger charge is 2.12. The van der Waals surface area contributed by atoms with Gasteiger partial charge in [-0.05, 0) is 44.2 Å². The first-order valence-electron chi connectivity index (χ1n) is 7.95. The molecule has 2 aromatic rings. The van der Waals surface area contributed by atoms with Gasteiger partial charge in [-0.3, -0.25) is 4.79 Å². The fourth-order valence-corrected chi connectivity index (χ4v) is 2.80. The number of nitrogens with one attached hydrogen (secondary N) is 1. The Kier molecular flexibility index (Phi) is 6.28. The summed E-state index contributed by atoms with van der Waals surface area (Å²) >= 11 is 1.46. The van der Waals surface area contributed by atoms with E-state index in [1.54, 1.807) is 0 Å². The van der Waals surface area contributed by atoms with Crippen molar-refractivity contribution in [1.82, 2.24) is 9.97 Å². The van der Waals surface area contributed by atoms with E-state index in [0.717, 1.165) is 35.4 Å². The number of H-pyrrole nitrogens is 1. The summed E-state index contributed by atoms with van der Waals surface area (Å²) in [6.07, 6.45) is 4.46. The number of ether oxygens (including phenoxy) is 1. The lowest BCUT2D eigenvalue weighted by Gasteiger charge is -2.11. The molecular formula is C18H24N2O2S. The van der Waals surface area contributed by atoms with Crippen LogP contribution in [0.15, 0.2) is 34.2 Å². The van der Waals surface area contributed by atoms with E-state index in [-0.39, 0.29) is 11.7 Å². The summed E-state index contributed by atoms with van der Waals surface area (Å²) in [7, 11) is 0. The second-order valence-corrected chi connectivity index (χ2v) is 6.53. The Balaban J connectivity index is 2.26. The molecule has 1 N–H and O–H groups in total. The van der Waals surface area contributed by atoms with Crippen LogP contribution in [0.3, 0.4) is 0 Å². The Bertz CT molecular complexity index is 693. The molecule has 0 radical (unpaired) electrons. The summed E-state index contributed by atoms with van der Waals surface area (Å²) in [5, 5.41) is 0.683. The Morgan fingerprint density at radius 3 is 2.52 bits per heavy atom. The lowest BCUT2D eigenvalue weighted by Crippen LogP contribution is -2.19. The third kappa shape index (κ3) is 4.86. The summed E-state index contributed by atoms with van der Waals surface area (Å²) in [5.74, 6) is 0.849. The SMILES string of the molecule is CCCc1nc(SC)[nH]c(=O)c1Cc1ccc(OC(C)C)cc1. The van der Waals surface area contributed by atoms with Gasteiger partial charge in [0.1, 0.15) is 5.75 Å². The molecule has 2 rings (SSSR count). The van der Waals surface area contributed by atoms with Crippen molar-refractivity contribution in [3.63, 3.8) is 0 Å². The van der Waals surface area contributed by atoms with Crippen molar-refractivity contribution in [1.29, 1.82) is 0 Å². The van der Waals surface area contributed by atoms with E-state index in [1.807, 2.05) is 44.4 Å². The van der Waals surface area contributed by atoms with Gasteiger partial charge in [0.25, 0.3) is 5.56 Å². The molecule has 1 heterocycles. The molecule has 0 saturated carbocycles. The maximum atomic E-state index is 12.4. The van der Waals surface area contributed by atoms with Gasteiger partial charge in [0.15, 0.2) is 5.16 Å². The zero-order chi connectivity index (χ0) is 16.8. The number of nitrogens with zero attached hydrogens (tertiary/aromatic N) is 1. The van der Waals surface area contributed by atoms with E-state index in [9.17, 15) is 4.79 Å². The number of rotatable bonds is 7. The minimum atomic E-state index is -0.0321. The Morgan fingerprint density at radius 1 is 1.26 bits per heavy atom. The minimum absolute atomic E-state index is 0.0321. The predicted molar refractivity (Wildman–Crippen MR) is 95.6 cm³/mol. The van der Waals surface area contributed by atoms with E-state index < -0.39 is 0 Å². The van der Waals surface area contributed by atoms with Crippen molar-refractivity contribution in [2.45, 2.75) is 51.3 Å². The standard InChI is InChI=1S/C18H24N2O2S/c1-5-6-16-15(17(21)20-18(19-16)23-4)11-13-7-9-14(10-8-13)22-12(2)3/h7-10,12H,5-6,11H2,1-4H3,(H,19,20,21). The van der Waals surface area contributed by atoms with Gasteiger partial charge in [-0.2, -0.15) is 0 Å². The molecule has 0 amide bonds. The highest BCUT2D eigenvalue weighted by atomic mass is 32.2. The average molecular weight is 332 g/mol. The first-order chi connectivity index (χ1) is 11.0. The minimum Gasteiger partial charge on any atom is -0.491 e. The Morgan fingerprint density at radius 2 is 1.96 bits per heavy atom. The predicted octanol–water partition coefficient (Wildman–Crippen LogP) is 3.82. The first-order valence-corrected chi connectivity index (χ1v) is 9.17. The quantitative estimate of drug-likeness (QED) is 0.618. The number of aromatic nitrogens is 2. The van der Waals surface area contributed by atoms with Crippen molar-refractivity contribution in [2.24, 2.45) is 0 Å². The molecule has 23 heavy (non-hydrogen) atoms. The maximum absolute atomic E-state index is 12.4. The number of hydrogen-bond donors (Lipinski definition) is 1. The summed E-state index contributed by atoms with van der Waals surface area (Å²) in [5.41, 5.74) is 2.73. The van der Waals surface area contributed by atoms with Crippen molar-refractivity contribution in [3.8, 4) is 5.75 Å². The van der Waals surface area contributed by atoms with Gasteiger partial charge < -0.3 is 9.72 Å².